The van der Waals surface area contributed by atoms with Gasteiger partial charge in [0.05, 0.1) is 17.9 Å². The normalized spacial score (nSPS) is 25.9. The van der Waals surface area contributed by atoms with Gasteiger partial charge in [-0.15, -0.1) is 0 Å². The number of thiocarbonyl (C=S) groups is 1. The minimum absolute atomic E-state index is 0.00227. The molecule has 1 aliphatic heterocycles. The molecule has 0 aromatic heterocycles. The number of primary amides is 1. The van der Waals surface area contributed by atoms with Crippen molar-refractivity contribution in [3.63, 3.8) is 0 Å². The van der Waals surface area contributed by atoms with E-state index in [0.29, 0.717) is 35.6 Å². The number of nitrogens with one attached hydrogen (secondary N) is 3. The topological polar surface area (TPSA) is 117 Å². The lowest BCUT2D eigenvalue weighted by Crippen LogP contribution is -2.59. The molecule has 2 saturated carbocycles. The van der Waals surface area contributed by atoms with Gasteiger partial charge in [0.1, 0.15) is 11.0 Å². The van der Waals surface area contributed by atoms with Crippen LogP contribution in [0.5, 0.6) is 0 Å². The average molecular weight is 580 g/mol. The Morgan fingerprint density at radius 1 is 1.12 bits per heavy atom. The molecule has 3 fully saturated rings. The summed E-state index contributed by atoms with van der Waals surface area (Å²) in [4.78, 5) is 41.2. The minimum Gasteiger partial charge on any atom is -0.368 e. The van der Waals surface area contributed by atoms with Crippen molar-refractivity contribution in [3.05, 3.63) is 47.8 Å². The second-order valence-electron chi connectivity index (χ2n) is 14.3. The highest BCUT2D eigenvalue weighted by Gasteiger charge is 2.69. The van der Waals surface area contributed by atoms with E-state index in [2.05, 4.69) is 86.3 Å². The van der Waals surface area contributed by atoms with Gasteiger partial charge in [-0.05, 0) is 80.2 Å². The summed E-state index contributed by atoms with van der Waals surface area (Å²) >= 11 is 6.25. The Bertz CT molecular complexity index is 1240. The van der Waals surface area contributed by atoms with E-state index in [1.54, 1.807) is 0 Å². The Morgan fingerprint density at radius 3 is 2.27 bits per heavy atom. The Kier molecular flexibility index (Phi) is 7.72. The van der Waals surface area contributed by atoms with Gasteiger partial charge in [-0.25, -0.2) is 0 Å². The average Bonchev–Trinajstić information content (AvgIpc) is 3.63. The summed E-state index contributed by atoms with van der Waals surface area (Å²) in [5.41, 5.74) is 7.83. The fraction of sp³-hybridized carbons (Fsp3) is 0.625. The lowest BCUT2D eigenvalue weighted by molar-refractivity contribution is -0.139. The molecular weight excluding hydrogens is 534 g/mol. The van der Waals surface area contributed by atoms with Crippen LogP contribution in [0, 0.1) is 29.1 Å². The first-order valence-corrected chi connectivity index (χ1v) is 15.3. The number of nitrogens with two attached hydrogens (primary N) is 1. The summed E-state index contributed by atoms with van der Waals surface area (Å²) in [5, 5.41) is 9.99. The Hall–Kier alpha value is -2.94. The van der Waals surface area contributed by atoms with Crippen molar-refractivity contribution in [1.29, 1.82) is 0 Å². The van der Waals surface area contributed by atoms with Crippen molar-refractivity contribution in [1.82, 2.24) is 20.9 Å². The predicted molar refractivity (Wildman–Crippen MR) is 164 cm³/mol. The summed E-state index contributed by atoms with van der Waals surface area (Å²) in [7, 11) is 0. The SMILES string of the molecule is C=C(NC(C(=S)N1C[C@@H]2[C@@H](C1C(=O)NC(CC1CC1)C(=O)C(N)=O)C2(C)C)C1Cc2ccccc2C1)NC(C)(C)C. The highest BCUT2D eigenvalue weighted by Crippen LogP contribution is 2.65. The Balaban J connectivity index is 1.39. The van der Waals surface area contributed by atoms with Crippen LogP contribution in [0.3, 0.4) is 0 Å². The van der Waals surface area contributed by atoms with E-state index in [1.807, 2.05) is 0 Å². The van der Waals surface area contributed by atoms with E-state index >= 15 is 0 Å². The number of rotatable bonds is 11. The number of ketones is 1. The summed E-state index contributed by atoms with van der Waals surface area (Å²) < 4.78 is 0. The first kappa shape index (κ1) is 29.5. The maximum absolute atomic E-state index is 14.0. The Morgan fingerprint density at radius 2 is 1.73 bits per heavy atom. The maximum Gasteiger partial charge on any atom is 0.287 e. The van der Waals surface area contributed by atoms with Crippen molar-refractivity contribution in [2.45, 2.75) is 90.4 Å². The quantitative estimate of drug-likeness (QED) is 0.235. The minimum atomic E-state index is -1.01. The number of carbonyl (C=O) groups is 3. The molecule has 5 N–H and O–H groups in total. The molecule has 41 heavy (non-hydrogen) atoms. The zero-order valence-electron chi connectivity index (χ0n) is 25.0. The van der Waals surface area contributed by atoms with Crippen LogP contribution in [-0.2, 0) is 27.2 Å². The third kappa shape index (κ3) is 6.15. The number of hydrogen-bond acceptors (Lipinski definition) is 6. The van der Waals surface area contributed by atoms with Crippen LogP contribution in [0.4, 0.5) is 0 Å². The van der Waals surface area contributed by atoms with Gasteiger partial charge in [0.2, 0.25) is 11.7 Å². The molecule has 0 spiro atoms. The number of benzene rings is 1. The van der Waals surface area contributed by atoms with Crippen LogP contribution >= 0.6 is 12.2 Å². The largest absolute Gasteiger partial charge is 0.368 e. The smallest absolute Gasteiger partial charge is 0.287 e. The molecule has 222 valence electrons. The fourth-order valence-electron chi connectivity index (χ4n) is 7.23. The van der Waals surface area contributed by atoms with Crippen LogP contribution in [0.25, 0.3) is 0 Å². The number of likely N-dealkylation sites (tertiary alicyclic amines) is 1. The predicted octanol–water partition coefficient (Wildman–Crippen LogP) is 2.84. The monoisotopic (exact) mass is 579 g/mol. The fourth-order valence-corrected chi connectivity index (χ4v) is 7.66. The highest BCUT2D eigenvalue weighted by molar-refractivity contribution is 7.80. The number of Topliss-reactive ketones (excluding diaryl/α,β-unsaturated/α-hetero) is 1. The van der Waals surface area contributed by atoms with Crippen molar-refractivity contribution in [2.24, 2.45) is 34.8 Å². The van der Waals surface area contributed by atoms with Crippen molar-refractivity contribution in [2.75, 3.05) is 6.54 Å². The molecule has 4 aliphatic rings. The molecule has 5 atom stereocenters. The number of carbonyl (C=O) groups excluding carboxylic acids is 3. The molecule has 5 rings (SSSR count). The number of amides is 2. The molecule has 0 bridgehead atoms. The second kappa shape index (κ2) is 10.7. The van der Waals surface area contributed by atoms with E-state index in [4.69, 9.17) is 18.0 Å². The van der Waals surface area contributed by atoms with Gasteiger partial charge in [-0.1, -0.05) is 69.8 Å². The third-order valence-electron chi connectivity index (χ3n) is 9.58. The standard InChI is InChI=1S/C32H45N5O3S/c1-17(36-31(2,3)4)34-25(21-14-19-9-7-8-10-20(19)15-21)30(41)37-16-22-24(32(22,5)6)26(37)29(40)35-23(13-18-11-12-18)27(38)28(33)39/h7-10,18,21-26,34,36H,1,11-16H2,2-6H3,(H2,33,39)(H,35,40)/t22-,23?,24+,25?,26?/m1/s1. The number of piperidine rings is 1. The molecule has 1 heterocycles. The molecule has 1 aromatic rings. The van der Waals surface area contributed by atoms with E-state index < -0.39 is 23.8 Å². The second-order valence-corrected chi connectivity index (χ2v) is 14.7. The molecule has 1 aromatic carbocycles. The number of fused-ring (bicyclic) bond motifs is 2. The van der Waals surface area contributed by atoms with Crippen LogP contribution in [0.15, 0.2) is 36.7 Å². The van der Waals surface area contributed by atoms with Crippen LogP contribution in [0.1, 0.15) is 65.0 Å². The zero-order valence-corrected chi connectivity index (χ0v) is 25.8. The van der Waals surface area contributed by atoms with Gasteiger partial charge in [0, 0.05) is 12.1 Å². The summed E-state index contributed by atoms with van der Waals surface area (Å²) in [6, 6.07) is 6.88. The molecule has 3 aliphatic carbocycles. The highest BCUT2D eigenvalue weighted by atomic mass is 32.1. The molecule has 8 nitrogen and oxygen atoms in total. The molecule has 0 radical (unpaired) electrons. The lowest BCUT2D eigenvalue weighted by atomic mass is 9.93. The van der Waals surface area contributed by atoms with Crippen LogP contribution < -0.4 is 21.7 Å². The van der Waals surface area contributed by atoms with Crippen LogP contribution in [-0.4, -0.2) is 57.7 Å². The maximum atomic E-state index is 14.0. The summed E-state index contributed by atoms with van der Waals surface area (Å²) in [6.45, 7) is 15.6. The van der Waals surface area contributed by atoms with Gasteiger partial charge in [-0.3, -0.25) is 14.4 Å². The van der Waals surface area contributed by atoms with Gasteiger partial charge in [0.25, 0.3) is 5.91 Å². The van der Waals surface area contributed by atoms with E-state index in [-0.39, 0.29) is 34.7 Å². The first-order valence-electron chi connectivity index (χ1n) is 14.9. The van der Waals surface area contributed by atoms with Gasteiger partial charge >= 0.3 is 0 Å². The van der Waals surface area contributed by atoms with Crippen molar-refractivity contribution >= 4 is 34.8 Å². The number of hydrogen-bond donors (Lipinski definition) is 4. The molecule has 9 heteroatoms. The molecule has 1 saturated heterocycles. The van der Waals surface area contributed by atoms with Crippen molar-refractivity contribution in [3.8, 4) is 0 Å². The number of nitrogens with zero attached hydrogens (tertiary/aromatic N) is 1. The summed E-state index contributed by atoms with van der Waals surface area (Å²) in [6.07, 6.45) is 4.22. The lowest BCUT2D eigenvalue weighted by Gasteiger charge is -2.39. The van der Waals surface area contributed by atoms with Gasteiger partial charge < -0.3 is 26.6 Å². The van der Waals surface area contributed by atoms with E-state index in [1.165, 1.54) is 11.1 Å². The molecular formula is C32H45N5O3S. The third-order valence-corrected chi connectivity index (χ3v) is 10.1. The Labute approximate surface area is 249 Å². The van der Waals surface area contributed by atoms with Crippen LogP contribution in [0.2, 0.25) is 0 Å². The first-order chi connectivity index (χ1) is 19.2. The summed E-state index contributed by atoms with van der Waals surface area (Å²) in [5.74, 6) is -0.301. The van der Waals surface area contributed by atoms with Gasteiger partial charge in [0.15, 0.2) is 0 Å². The van der Waals surface area contributed by atoms with Crippen molar-refractivity contribution < 1.29 is 14.4 Å². The molecule has 3 unspecified atom stereocenters. The molecule has 2 amide bonds. The van der Waals surface area contributed by atoms with E-state index in [9.17, 15) is 14.4 Å². The zero-order chi connectivity index (χ0) is 29.9. The van der Waals surface area contributed by atoms with Gasteiger partial charge in [-0.2, -0.15) is 0 Å². The van der Waals surface area contributed by atoms with E-state index in [0.717, 1.165) is 25.7 Å².